The van der Waals surface area contributed by atoms with Gasteiger partial charge in [-0.3, -0.25) is 0 Å². The summed E-state index contributed by atoms with van der Waals surface area (Å²) in [5, 5.41) is 12.6. The number of benzene rings is 1. The topological polar surface area (TPSA) is 45.0 Å². The molecule has 2 rings (SSSR count). The van der Waals surface area contributed by atoms with Gasteiger partial charge >= 0.3 is 0 Å². The van der Waals surface area contributed by atoms with Gasteiger partial charge in [-0.25, -0.2) is 0 Å². The van der Waals surface area contributed by atoms with Crippen LogP contribution in [0.5, 0.6) is 0 Å². The van der Waals surface area contributed by atoms with Gasteiger partial charge in [-0.2, -0.15) is 5.26 Å². The Balaban J connectivity index is 1.96. The summed E-state index contributed by atoms with van der Waals surface area (Å²) in [5.74, 6) is 0.562. The van der Waals surface area contributed by atoms with Crippen molar-refractivity contribution < 1.29 is 4.74 Å². The molecule has 84 valence electrons. The summed E-state index contributed by atoms with van der Waals surface area (Å²) >= 11 is 6.05. The van der Waals surface area contributed by atoms with Gasteiger partial charge in [0, 0.05) is 19.1 Å². The van der Waals surface area contributed by atoms with Gasteiger partial charge in [-0.15, -0.1) is 0 Å². The number of hydrogen-bond acceptors (Lipinski definition) is 3. The summed E-state index contributed by atoms with van der Waals surface area (Å²) in [4.78, 5) is 0. The lowest BCUT2D eigenvalue weighted by molar-refractivity contribution is 0.187. The van der Waals surface area contributed by atoms with E-state index in [9.17, 15) is 0 Å². The van der Waals surface area contributed by atoms with Crippen molar-refractivity contribution in [3.63, 3.8) is 0 Å². The summed E-state index contributed by atoms with van der Waals surface area (Å²) in [6.45, 7) is 2.54. The second-order valence-electron chi connectivity index (χ2n) is 3.92. The van der Waals surface area contributed by atoms with Crippen LogP contribution in [0.15, 0.2) is 18.2 Å². The summed E-state index contributed by atoms with van der Waals surface area (Å²) in [6.07, 6.45) is 1.10. The molecule has 1 aromatic carbocycles. The molecular weight excluding hydrogens is 224 g/mol. The number of ether oxygens (including phenoxy) is 1. The molecule has 0 radical (unpaired) electrons. The maximum atomic E-state index is 8.71. The van der Waals surface area contributed by atoms with Crippen molar-refractivity contribution in [3.05, 3.63) is 28.8 Å². The number of rotatable bonds is 3. The molecule has 0 saturated carbocycles. The average molecular weight is 237 g/mol. The summed E-state index contributed by atoms with van der Waals surface area (Å²) < 4.78 is 5.30. The van der Waals surface area contributed by atoms with Crippen molar-refractivity contribution >= 4 is 17.3 Å². The standard InChI is InChI=1S/C12H13ClN2O/c13-11-5-9(6-14)1-2-12(11)15-7-10-3-4-16-8-10/h1-2,5,10,15H,3-4,7-8H2. The van der Waals surface area contributed by atoms with Crippen molar-refractivity contribution in [3.8, 4) is 6.07 Å². The van der Waals surface area contributed by atoms with Crippen LogP contribution in [0.25, 0.3) is 0 Å². The van der Waals surface area contributed by atoms with Crippen molar-refractivity contribution in [2.75, 3.05) is 25.1 Å². The molecule has 0 bridgehead atoms. The van der Waals surface area contributed by atoms with Crippen LogP contribution in [0.3, 0.4) is 0 Å². The maximum Gasteiger partial charge on any atom is 0.0992 e. The molecular formula is C12H13ClN2O. The van der Waals surface area contributed by atoms with Gasteiger partial charge in [0.05, 0.1) is 28.9 Å². The molecule has 1 aliphatic heterocycles. The maximum absolute atomic E-state index is 8.71. The highest BCUT2D eigenvalue weighted by molar-refractivity contribution is 6.33. The molecule has 0 aliphatic carbocycles. The molecule has 1 aromatic rings. The third-order valence-corrected chi connectivity index (χ3v) is 3.02. The van der Waals surface area contributed by atoms with Crippen molar-refractivity contribution in [2.45, 2.75) is 6.42 Å². The predicted molar refractivity (Wildman–Crippen MR) is 63.6 cm³/mol. The average Bonchev–Trinajstić information content (AvgIpc) is 2.80. The van der Waals surface area contributed by atoms with Crippen LogP contribution in [0.4, 0.5) is 5.69 Å². The van der Waals surface area contributed by atoms with E-state index in [0.29, 0.717) is 16.5 Å². The van der Waals surface area contributed by atoms with Crippen LogP contribution in [0.1, 0.15) is 12.0 Å². The normalized spacial score (nSPS) is 19.4. The van der Waals surface area contributed by atoms with Gasteiger partial charge in [0.2, 0.25) is 0 Å². The van der Waals surface area contributed by atoms with Crippen LogP contribution in [-0.4, -0.2) is 19.8 Å². The van der Waals surface area contributed by atoms with Gasteiger partial charge in [0.15, 0.2) is 0 Å². The third-order valence-electron chi connectivity index (χ3n) is 2.70. The number of nitrogens with zero attached hydrogens (tertiary/aromatic N) is 1. The van der Waals surface area contributed by atoms with Crippen LogP contribution in [0, 0.1) is 17.2 Å². The molecule has 0 amide bonds. The monoisotopic (exact) mass is 236 g/mol. The smallest absolute Gasteiger partial charge is 0.0992 e. The first kappa shape index (κ1) is 11.3. The van der Waals surface area contributed by atoms with E-state index in [1.54, 1.807) is 12.1 Å². The Morgan fingerprint density at radius 2 is 2.44 bits per heavy atom. The first-order valence-electron chi connectivity index (χ1n) is 5.31. The highest BCUT2D eigenvalue weighted by atomic mass is 35.5. The van der Waals surface area contributed by atoms with Crippen LogP contribution >= 0.6 is 11.6 Å². The molecule has 0 aromatic heterocycles. The number of nitrogens with one attached hydrogen (secondary N) is 1. The molecule has 1 atom stereocenters. The Kier molecular flexibility index (Phi) is 3.66. The Morgan fingerprint density at radius 1 is 1.56 bits per heavy atom. The van der Waals surface area contributed by atoms with Gasteiger partial charge < -0.3 is 10.1 Å². The predicted octanol–water partition coefficient (Wildman–Crippen LogP) is 2.66. The van der Waals surface area contributed by atoms with Crippen molar-refractivity contribution in [1.29, 1.82) is 5.26 Å². The second kappa shape index (κ2) is 5.20. The number of hydrogen-bond donors (Lipinski definition) is 1. The minimum absolute atomic E-state index is 0.562. The highest BCUT2D eigenvalue weighted by Crippen LogP contribution is 2.23. The molecule has 0 spiro atoms. The zero-order valence-corrected chi connectivity index (χ0v) is 9.63. The first-order valence-corrected chi connectivity index (χ1v) is 5.68. The lowest BCUT2D eigenvalue weighted by Crippen LogP contribution is -2.14. The highest BCUT2D eigenvalue weighted by Gasteiger charge is 2.15. The van der Waals surface area contributed by atoms with Crippen LogP contribution in [-0.2, 0) is 4.74 Å². The Labute approximate surface area is 100.0 Å². The van der Waals surface area contributed by atoms with Gasteiger partial charge in [-0.1, -0.05) is 11.6 Å². The van der Waals surface area contributed by atoms with Crippen LogP contribution < -0.4 is 5.32 Å². The van der Waals surface area contributed by atoms with E-state index in [1.807, 2.05) is 6.07 Å². The minimum atomic E-state index is 0.562. The van der Waals surface area contributed by atoms with Crippen LogP contribution in [0.2, 0.25) is 5.02 Å². The summed E-state index contributed by atoms with van der Waals surface area (Å²) in [5.41, 5.74) is 1.47. The molecule has 1 N–H and O–H groups in total. The largest absolute Gasteiger partial charge is 0.383 e. The van der Waals surface area contributed by atoms with Gasteiger partial charge in [-0.05, 0) is 24.6 Å². The molecule has 16 heavy (non-hydrogen) atoms. The summed E-state index contributed by atoms with van der Waals surface area (Å²) in [6, 6.07) is 7.34. The minimum Gasteiger partial charge on any atom is -0.383 e. The molecule has 1 aliphatic rings. The lowest BCUT2D eigenvalue weighted by Gasteiger charge is -2.11. The lowest BCUT2D eigenvalue weighted by atomic mass is 10.1. The third kappa shape index (κ3) is 2.66. The van der Waals surface area contributed by atoms with E-state index < -0.39 is 0 Å². The quantitative estimate of drug-likeness (QED) is 0.878. The molecule has 1 heterocycles. The van der Waals surface area contributed by atoms with E-state index in [1.165, 1.54) is 0 Å². The van der Waals surface area contributed by atoms with Crippen molar-refractivity contribution in [2.24, 2.45) is 5.92 Å². The van der Waals surface area contributed by atoms with Gasteiger partial charge in [0.1, 0.15) is 0 Å². The van der Waals surface area contributed by atoms with E-state index >= 15 is 0 Å². The first-order chi connectivity index (χ1) is 7.79. The number of anilines is 1. The zero-order valence-electron chi connectivity index (χ0n) is 8.87. The van der Waals surface area contributed by atoms with Gasteiger partial charge in [0.25, 0.3) is 0 Å². The molecule has 3 nitrogen and oxygen atoms in total. The zero-order chi connectivity index (χ0) is 11.4. The van der Waals surface area contributed by atoms with E-state index in [-0.39, 0.29) is 0 Å². The second-order valence-corrected chi connectivity index (χ2v) is 4.32. The molecule has 1 unspecified atom stereocenters. The Morgan fingerprint density at radius 3 is 3.06 bits per heavy atom. The van der Waals surface area contributed by atoms with E-state index in [0.717, 1.165) is 31.9 Å². The molecule has 1 fully saturated rings. The number of nitriles is 1. The van der Waals surface area contributed by atoms with Crippen molar-refractivity contribution in [1.82, 2.24) is 0 Å². The van der Waals surface area contributed by atoms with E-state index in [4.69, 9.17) is 21.6 Å². The fraction of sp³-hybridized carbons (Fsp3) is 0.417. The SMILES string of the molecule is N#Cc1ccc(NCC2CCOC2)c(Cl)c1. The number of halogens is 1. The Bertz CT molecular complexity index is 408. The Hall–Kier alpha value is -1.24. The fourth-order valence-electron chi connectivity index (χ4n) is 1.73. The van der Waals surface area contributed by atoms with E-state index in [2.05, 4.69) is 11.4 Å². The molecule has 4 heteroatoms. The molecule has 1 saturated heterocycles. The summed E-state index contributed by atoms with van der Waals surface area (Å²) in [7, 11) is 0. The fourth-order valence-corrected chi connectivity index (χ4v) is 1.97.